The zero-order chi connectivity index (χ0) is 28.0. The molecule has 0 unspecified atom stereocenters. The highest BCUT2D eigenvalue weighted by Crippen LogP contribution is 2.40. The fourth-order valence-corrected chi connectivity index (χ4v) is 6.18. The Morgan fingerprint density at radius 2 is 2.15 bits per heavy atom. The highest BCUT2D eigenvalue weighted by Gasteiger charge is 2.53. The Morgan fingerprint density at radius 3 is 2.79 bits per heavy atom. The van der Waals surface area contributed by atoms with E-state index in [1.165, 1.54) is 45.7 Å². The van der Waals surface area contributed by atoms with Gasteiger partial charge in [-0.25, -0.2) is 14.3 Å². The number of aromatic carboxylic acids is 1. The van der Waals surface area contributed by atoms with Crippen molar-refractivity contribution in [2.75, 3.05) is 24.3 Å². The molecule has 0 radical (unpaired) electrons. The first-order chi connectivity index (χ1) is 18.6. The number of nitrogen functional groups attached to an aromatic ring is 2. The molecule has 16 nitrogen and oxygen atoms in total. The second-order valence-electron chi connectivity index (χ2n) is 8.26. The number of hydrogen-bond donors (Lipinski definition) is 4. The van der Waals surface area contributed by atoms with Gasteiger partial charge in [-0.15, -0.1) is 23.1 Å². The summed E-state index contributed by atoms with van der Waals surface area (Å²) in [4.78, 5) is 59.6. The molecule has 2 aliphatic heterocycles. The van der Waals surface area contributed by atoms with Crippen LogP contribution >= 0.6 is 23.1 Å². The summed E-state index contributed by atoms with van der Waals surface area (Å²) in [6.07, 6.45) is 2.69. The highest BCUT2D eigenvalue weighted by atomic mass is 32.2. The van der Waals surface area contributed by atoms with E-state index in [1.807, 2.05) is 0 Å². The molecule has 3 aromatic rings. The van der Waals surface area contributed by atoms with Crippen LogP contribution in [0.5, 0.6) is 0 Å². The number of thiazole rings is 1. The lowest BCUT2D eigenvalue weighted by Gasteiger charge is -2.50. The minimum atomic E-state index is -1.59. The van der Waals surface area contributed by atoms with Gasteiger partial charge in [-0.3, -0.25) is 14.5 Å². The number of aliphatic carboxylic acids is 1. The first-order valence-electron chi connectivity index (χ1n) is 11.0. The lowest BCUT2D eigenvalue weighted by atomic mass is 10.0. The number of nitrogens with one attached hydrogen (secondary N) is 1. The topological polar surface area (TPSA) is 235 Å². The molecule has 1 fully saturated rings. The second kappa shape index (κ2) is 9.87. The van der Waals surface area contributed by atoms with Crippen LogP contribution in [-0.4, -0.2) is 78.3 Å². The molecular weight excluding hydrogens is 554 g/mol. The number of carbonyl (C=O) groups is 4. The molecular formula is C21H19N9O7S2. The van der Waals surface area contributed by atoms with Gasteiger partial charge in [0.25, 0.3) is 11.8 Å². The maximum Gasteiger partial charge on any atom is 0.345 e. The average molecular weight is 574 g/mol. The van der Waals surface area contributed by atoms with Gasteiger partial charge in [0.05, 0.1) is 23.9 Å². The van der Waals surface area contributed by atoms with E-state index in [0.717, 1.165) is 16.2 Å². The fourth-order valence-electron chi connectivity index (χ4n) is 4.29. The molecule has 202 valence electrons. The quantitative estimate of drug-likeness (QED) is 0.0939. The number of anilines is 2. The van der Waals surface area contributed by atoms with Crippen molar-refractivity contribution in [2.24, 2.45) is 5.16 Å². The third-order valence-corrected chi connectivity index (χ3v) is 8.00. The van der Waals surface area contributed by atoms with Gasteiger partial charge >= 0.3 is 11.6 Å². The van der Waals surface area contributed by atoms with Gasteiger partial charge in [0, 0.05) is 16.7 Å². The number of aromatic nitrogens is 4. The fraction of sp³-hybridized carbons (Fsp3) is 0.238. The number of rotatable bonds is 8. The third kappa shape index (κ3) is 4.38. The van der Waals surface area contributed by atoms with Crippen LogP contribution in [0.15, 0.2) is 40.3 Å². The van der Waals surface area contributed by atoms with Gasteiger partial charge in [-0.05, 0) is 0 Å². The monoisotopic (exact) mass is 573 g/mol. The summed E-state index contributed by atoms with van der Waals surface area (Å²) >= 11 is 2.31. The van der Waals surface area contributed by atoms with Crippen LogP contribution < -0.4 is 26.5 Å². The smallest absolute Gasteiger partial charge is 0.345 e. The average Bonchev–Trinajstić information content (AvgIpc) is 3.56. The van der Waals surface area contributed by atoms with Crippen LogP contribution in [0, 0.1) is 0 Å². The first kappa shape index (κ1) is 25.9. The Hall–Kier alpha value is -4.71. The standard InChI is InChI=1S/C21H19N9O7S2/c1-37-27-12(10-7-39-21(23)25-10)16(31)26-13-17(32)29-14(20(35)36)8(6-38-18(13)29)4-28-5-9(19(33)34)15(22)30-11(28)2-3-24-30/h2-3,5,7,13,18,22H,4,6H2,1H3,(H5,23,25,26,31,33,34,35,36)/b27-12-/t13-,18-/m1/s1. The van der Waals surface area contributed by atoms with Gasteiger partial charge in [-0.1, -0.05) is 14.8 Å². The number of carboxylic acids is 2. The van der Waals surface area contributed by atoms with Crippen LogP contribution in [0.1, 0.15) is 16.1 Å². The second-order valence-corrected chi connectivity index (χ2v) is 10.3. The molecule has 3 aromatic heterocycles. The van der Waals surface area contributed by atoms with Crippen molar-refractivity contribution in [1.29, 1.82) is 0 Å². The van der Waals surface area contributed by atoms with Crippen molar-refractivity contribution in [2.45, 2.75) is 18.0 Å². The number of fused-ring (bicyclic) bond motifs is 2. The third-order valence-electron chi connectivity index (χ3n) is 5.99. The van der Waals surface area contributed by atoms with Crippen molar-refractivity contribution in [3.63, 3.8) is 0 Å². The summed E-state index contributed by atoms with van der Waals surface area (Å²) in [5.74, 6) is -4.27. The van der Waals surface area contributed by atoms with Gasteiger partial charge < -0.3 is 36.6 Å². The van der Waals surface area contributed by atoms with Gasteiger partial charge in [-0.2, -0.15) is 0 Å². The molecule has 2 aliphatic rings. The van der Waals surface area contributed by atoms with E-state index in [9.17, 15) is 29.4 Å². The zero-order valence-electron chi connectivity index (χ0n) is 19.9. The molecule has 2 amide bonds. The molecule has 0 bridgehead atoms. The lowest BCUT2D eigenvalue weighted by Crippen LogP contribution is -2.71. The number of nitrogens with two attached hydrogens (primary N) is 2. The van der Waals surface area contributed by atoms with Crippen molar-refractivity contribution in [3.8, 4) is 0 Å². The Bertz CT molecular complexity index is 1610. The minimum Gasteiger partial charge on any atom is -0.543 e. The van der Waals surface area contributed by atoms with Crippen LogP contribution in [0.25, 0.3) is 5.65 Å². The molecule has 0 aromatic carbocycles. The van der Waals surface area contributed by atoms with E-state index in [2.05, 4.69) is 20.6 Å². The number of amides is 2. The van der Waals surface area contributed by atoms with Crippen LogP contribution in [0.3, 0.4) is 0 Å². The van der Waals surface area contributed by atoms with Crippen LogP contribution in [0.2, 0.25) is 0 Å². The molecule has 5 heterocycles. The first-order valence-corrected chi connectivity index (χ1v) is 13.0. The molecule has 0 aliphatic carbocycles. The lowest BCUT2D eigenvalue weighted by molar-refractivity contribution is -0.666. The number of nitrogens with zero attached hydrogens (tertiary/aromatic N) is 6. The predicted molar refractivity (Wildman–Crippen MR) is 134 cm³/mol. The number of oxime groups is 1. The predicted octanol–water partition coefficient (Wildman–Crippen LogP) is -2.60. The van der Waals surface area contributed by atoms with Gasteiger partial charge in [0.1, 0.15) is 37.0 Å². The Kier molecular flexibility index (Phi) is 6.56. The molecule has 0 saturated carbocycles. The minimum absolute atomic E-state index is 0.0878. The molecule has 2 atom stereocenters. The summed E-state index contributed by atoms with van der Waals surface area (Å²) in [7, 11) is 1.24. The molecule has 5 rings (SSSR count). The molecule has 39 heavy (non-hydrogen) atoms. The SMILES string of the molecule is CO/N=C(\C(=O)N[C@@H]1C(=O)N2C(C(=O)[O-])=C(C[n+]3cc(C(=O)O)c(N)n4nccc43)CS[C@H]12)c1csc(N)n1. The molecule has 1 saturated heterocycles. The van der Waals surface area contributed by atoms with Gasteiger partial charge in [0.15, 0.2) is 16.4 Å². The summed E-state index contributed by atoms with van der Waals surface area (Å²) < 4.78 is 2.69. The zero-order valence-corrected chi connectivity index (χ0v) is 21.6. The number of β-lactam (4-membered cyclic amide) rings is 1. The van der Waals surface area contributed by atoms with Crippen LogP contribution in [0.4, 0.5) is 10.9 Å². The number of thioether (sulfide) groups is 1. The Balaban J connectivity index is 1.42. The van der Waals surface area contributed by atoms with E-state index in [1.54, 1.807) is 6.07 Å². The summed E-state index contributed by atoms with van der Waals surface area (Å²) in [6.45, 7) is -0.0878. The van der Waals surface area contributed by atoms with E-state index >= 15 is 0 Å². The highest BCUT2D eigenvalue weighted by molar-refractivity contribution is 8.00. The summed E-state index contributed by atoms with van der Waals surface area (Å²) in [6, 6.07) is 0.524. The molecule has 18 heteroatoms. The normalized spacial score (nSPS) is 19.1. The number of carboxylic acid groups (broad SMARTS) is 2. The van der Waals surface area contributed by atoms with E-state index in [-0.39, 0.29) is 45.9 Å². The number of carbonyl (C=O) groups excluding carboxylic acids is 3. The van der Waals surface area contributed by atoms with Crippen molar-refractivity contribution in [3.05, 3.63) is 46.4 Å². The van der Waals surface area contributed by atoms with E-state index in [4.69, 9.17) is 16.3 Å². The van der Waals surface area contributed by atoms with Gasteiger partial charge in [0.2, 0.25) is 5.82 Å². The van der Waals surface area contributed by atoms with Crippen LogP contribution in [-0.2, 0) is 25.8 Å². The Morgan fingerprint density at radius 1 is 1.38 bits per heavy atom. The van der Waals surface area contributed by atoms with E-state index < -0.39 is 35.2 Å². The maximum atomic E-state index is 13.1. The summed E-state index contributed by atoms with van der Waals surface area (Å²) in [5.41, 5.74) is 11.6. The van der Waals surface area contributed by atoms with Crippen molar-refractivity contribution in [1.82, 2.24) is 24.8 Å². The Labute approximate surface area is 226 Å². The van der Waals surface area contributed by atoms with Crippen molar-refractivity contribution >= 4 is 69.2 Å². The number of hydrogen-bond acceptors (Lipinski definition) is 13. The largest absolute Gasteiger partial charge is 0.543 e. The molecule has 6 N–H and O–H groups in total. The maximum absolute atomic E-state index is 13.1. The molecule has 0 spiro atoms. The van der Waals surface area contributed by atoms with Crippen molar-refractivity contribution < 1.29 is 38.8 Å². The summed E-state index contributed by atoms with van der Waals surface area (Å²) in [5, 5.41) is 33.0. The van der Waals surface area contributed by atoms with E-state index in [0.29, 0.717) is 11.2 Å².